The van der Waals surface area contributed by atoms with Gasteiger partial charge >= 0.3 is 18.0 Å². The summed E-state index contributed by atoms with van der Waals surface area (Å²) < 4.78 is 10.6. The number of esters is 1. The highest BCUT2D eigenvalue weighted by molar-refractivity contribution is 5.89. The van der Waals surface area contributed by atoms with Crippen molar-refractivity contribution < 1.29 is 28.7 Å². The number of hydrogen-bond donors (Lipinski definition) is 1. The average molecular weight is 464 g/mol. The number of carbonyl (C=O) groups excluding carboxylic acids is 3. The zero-order valence-electron chi connectivity index (χ0n) is 20.6. The zero-order valence-corrected chi connectivity index (χ0v) is 20.6. The van der Waals surface area contributed by atoms with E-state index in [1.807, 2.05) is 26.8 Å². The van der Waals surface area contributed by atoms with Gasteiger partial charge in [-0.1, -0.05) is 18.2 Å². The first-order chi connectivity index (χ1) is 15.4. The lowest BCUT2D eigenvalue weighted by atomic mass is 9.93. The van der Waals surface area contributed by atoms with Gasteiger partial charge in [0.2, 0.25) is 0 Å². The molecule has 0 aliphatic carbocycles. The molecule has 0 spiro atoms. The predicted octanol–water partition coefficient (Wildman–Crippen LogP) is 2.86. The third-order valence-electron chi connectivity index (χ3n) is 5.06. The Morgan fingerprint density at radius 1 is 1.06 bits per heavy atom. The highest BCUT2D eigenvalue weighted by Gasteiger charge is 2.35. The molecule has 1 saturated heterocycles. The number of nitrogens with zero attached hydrogens (tertiary/aromatic N) is 2. The van der Waals surface area contributed by atoms with E-state index in [1.54, 1.807) is 55.0 Å². The number of hydroxylamine groups is 2. The first-order valence-electron chi connectivity index (χ1n) is 11.3. The highest BCUT2D eigenvalue weighted by Crippen LogP contribution is 2.18. The number of piperazine rings is 1. The van der Waals surface area contributed by atoms with Crippen molar-refractivity contribution >= 4 is 18.0 Å². The summed E-state index contributed by atoms with van der Waals surface area (Å²) in [4.78, 5) is 44.7. The Morgan fingerprint density at radius 3 is 2.33 bits per heavy atom. The Bertz CT molecular complexity index is 806. The quantitative estimate of drug-likeness (QED) is 0.588. The summed E-state index contributed by atoms with van der Waals surface area (Å²) >= 11 is 0. The van der Waals surface area contributed by atoms with Crippen molar-refractivity contribution in [1.82, 2.24) is 15.3 Å². The summed E-state index contributed by atoms with van der Waals surface area (Å²) in [5, 5.41) is 4.87. The van der Waals surface area contributed by atoms with E-state index in [2.05, 4.69) is 5.32 Å². The standard InChI is InChI=1S/C24H37N3O6/c1-7-31-21(29)24(5,6)17-25-15-19-16-26(22(30)32-23(2,3)4)13-14-27(19)33-20(28)18-11-9-8-10-12-18/h8-12,19,25H,7,13-17H2,1-6H3/t19-/m1/s1. The Hall–Kier alpha value is -2.65. The summed E-state index contributed by atoms with van der Waals surface area (Å²) in [6.07, 6.45) is -0.409. The second-order valence-electron chi connectivity index (χ2n) is 9.70. The van der Waals surface area contributed by atoms with Crippen LogP contribution in [0.4, 0.5) is 4.79 Å². The third-order valence-corrected chi connectivity index (χ3v) is 5.06. The average Bonchev–Trinajstić information content (AvgIpc) is 2.74. The van der Waals surface area contributed by atoms with Crippen LogP contribution < -0.4 is 5.32 Å². The fourth-order valence-corrected chi connectivity index (χ4v) is 3.30. The van der Waals surface area contributed by atoms with E-state index in [-0.39, 0.29) is 12.0 Å². The number of benzene rings is 1. The molecule has 0 aromatic heterocycles. The van der Waals surface area contributed by atoms with Crippen molar-refractivity contribution in [3.63, 3.8) is 0 Å². The molecular weight excluding hydrogens is 426 g/mol. The first-order valence-corrected chi connectivity index (χ1v) is 11.3. The number of nitrogens with one attached hydrogen (secondary N) is 1. The van der Waals surface area contributed by atoms with Crippen LogP contribution in [0.3, 0.4) is 0 Å². The lowest BCUT2D eigenvalue weighted by Crippen LogP contribution is -2.59. The second kappa shape index (κ2) is 11.5. The van der Waals surface area contributed by atoms with E-state index in [9.17, 15) is 14.4 Å². The molecule has 1 fully saturated rings. The van der Waals surface area contributed by atoms with Gasteiger partial charge in [0.1, 0.15) is 5.60 Å². The van der Waals surface area contributed by atoms with E-state index in [0.29, 0.717) is 44.9 Å². The molecule has 184 valence electrons. The molecule has 33 heavy (non-hydrogen) atoms. The molecule has 9 nitrogen and oxygen atoms in total. The maximum Gasteiger partial charge on any atom is 0.410 e. The number of ether oxygens (including phenoxy) is 2. The topological polar surface area (TPSA) is 97.4 Å². The summed E-state index contributed by atoms with van der Waals surface area (Å²) in [5.41, 5.74) is -0.880. The number of carbonyl (C=O) groups is 3. The molecule has 0 bridgehead atoms. The molecule has 1 amide bonds. The smallest absolute Gasteiger partial charge is 0.410 e. The number of hydrogen-bond acceptors (Lipinski definition) is 8. The van der Waals surface area contributed by atoms with Gasteiger partial charge in [-0.15, -0.1) is 5.06 Å². The van der Waals surface area contributed by atoms with Crippen LogP contribution in [-0.4, -0.2) is 79.0 Å². The minimum Gasteiger partial charge on any atom is -0.466 e. The molecule has 0 unspecified atom stereocenters. The fourth-order valence-electron chi connectivity index (χ4n) is 3.30. The van der Waals surface area contributed by atoms with E-state index < -0.39 is 23.1 Å². The first kappa shape index (κ1) is 26.6. The molecular formula is C24H37N3O6. The third kappa shape index (κ3) is 8.33. The monoisotopic (exact) mass is 463 g/mol. The van der Waals surface area contributed by atoms with Gasteiger partial charge in [0.15, 0.2) is 0 Å². The normalized spacial score (nSPS) is 17.4. The number of amides is 1. The summed E-state index contributed by atoms with van der Waals surface area (Å²) in [5.74, 6) is -0.748. The van der Waals surface area contributed by atoms with Gasteiger partial charge < -0.3 is 24.5 Å². The van der Waals surface area contributed by atoms with Crippen LogP contribution in [0.1, 0.15) is 51.9 Å². The van der Waals surface area contributed by atoms with Crippen molar-refractivity contribution in [3.8, 4) is 0 Å². The van der Waals surface area contributed by atoms with Gasteiger partial charge in [0.25, 0.3) is 0 Å². The van der Waals surface area contributed by atoms with Crippen molar-refractivity contribution in [3.05, 3.63) is 35.9 Å². The largest absolute Gasteiger partial charge is 0.466 e. The van der Waals surface area contributed by atoms with Crippen LogP contribution in [-0.2, 0) is 19.1 Å². The fraction of sp³-hybridized carbons (Fsp3) is 0.625. The molecule has 0 saturated carbocycles. The van der Waals surface area contributed by atoms with E-state index >= 15 is 0 Å². The van der Waals surface area contributed by atoms with E-state index in [4.69, 9.17) is 14.3 Å². The van der Waals surface area contributed by atoms with Gasteiger partial charge in [-0.05, 0) is 53.7 Å². The molecule has 1 aromatic rings. The predicted molar refractivity (Wildman–Crippen MR) is 123 cm³/mol. The lowest BCUT2D eigenvalue weighted by Gasteiger charge is -2.40. The Balaban J connectivity index is 2.06. The molecule has 1 atom stereocenters. The van der Waals surface area contributed by atoms with Crippen molar-refractivity contribution in [2.24, 2.45) is 5.41 Å². The molecule has 1 aromatic carbocycles. The van der Waals surface area contributed by atoms with Gasteiger partial charge in [-0.25, -0.2) is 9.59 Å². The maximum absolute atomic E-state index is 12.6. The Labute approximate surface area is 196 Å². The second-order valence-corrected chi connectivity index (χ2v) is 9.70. The molecule has 1 heterocycles. The molecule has 1 aliphatic rings. The van der Waals surface area contributed by atoms with Crippen LogP contribution in [0.5, 0.6) is 0 Å². The Morgan fingerprint density at radius 2 is 1.73 bits per heavy atom. The molecule has 1 N–H and O–H groups in total. The minimum absolute atomic E-state index is 0.288. The maximum atomic E-state index is 12.6. The van der Waals surface area contributed by atoms with Gasteiger partial charge in [-0.3, -0.25) is 4.79 Å². The molecule has 0 radical (unpaired) electrons. The Kier molecular flexibility index (Phi) is 9.25. The van der Waals surface area contributed by atoms with Crippen molar-refractivity contribution in [2.45, 2.75) is 53.2 Å². The van der Waals surface area contributed by atoms with Gasteiger partial charge in [0, 0.05) is 26.2 Å². The van der Waals surface area contributed by atoms with Crippen LogP contribution in [0.2, 0.25) is 0 Å². The zero-order chi connectivity index (χ0) is 24.6. The summed E-state index contributed by atoms with van der Waals surface area (Å²) in [7, 11) is 0. The van der Waals surface area contributed by atoms with Crippen LogP contribution >= 0.6 is 0 Å². The molecule has 9 heteroatoms. The van der Waals surface area contributed by atoms with Crippen LogP contribution in [0, 0.1) is 5.41 Å². The van der Waals surface area contributed by atoms with Crippen LogP contribution in [0.15, 0.2) is 30.3 Å². The molecule has 1 aliphatic heterocycles. The van der Waals surface area contributed by atoms with Crippen LogP contribution in [0.25, 0.3) is 0 Å². The summed E-state index contributed by atoms with van der Waals surface area (Å²) in [6, 6.07) is 8.43. The summed E-state index contributed by atoms with van der Waals surface area (Å²) in [6.45, 7) is 12.9. The van der Waals surface area contributed by atoms with E-state index in [1.165, 1.54) is 0 Å². The van der Waals surface area contributed by atoms with Crippen molar-refractivity contribution in [2.75, 3.05) is 39.3 Å². The highest BCUT2D eigenvalue weighted by atomic mass is 16.7. The SMILES string of the molecule is CCOC(=O)C(C)(C)CNC[C@@H]1CN(C(=O)OC(C)(C)C)CCN1OC(=O)c1ccccc1. The lowest BCUT2D eigenvalue weighted by molar-refractivity contribution is -0.159. The van der Waals surface area contributed by atoms with E-state index in [0.717, 1.165) is 0 Å². The van der Waals surface area contributed by atoms with Gasteiger partial charge in [0.05, 0.1) is 30.2 Å². The minimum atomic E-state index is -0.721. The number of rotatable bonds is 8. The molecule has 2 rings (SSSR count). The van der Waals surface area contributed by atoms with Crippen molar-refractivity contribution in [1.29, 1.82) is 0 Å². The van der Waals surface area contributed by atoms with Gasteiger partial charge in [-0.2, -0.15) is 0 Å².